The highest BCUT2D eigenvalue weighted by molar-refractivity contribution is 7.90. The van der Waals surface area contributed by atoms with E-state index in [1.165, 1.54) is 6.92 Å². The number of nitrogens with zero attached hydrogens (tertiary/aromatic N) is 2. The van der Waals surface area contributed by atoms with Crippen LogP contribution in [0, 0.1) is 5.82 Å². The van der Waals surface area contributed by atoms with Crippen molar-refractivity contribution in [3.05, 3.63) is 35.8 Å². The molecule has 0 amide bonds. The molecule has 31 heavy (non-hydrogen) atoms. The molecule has 16 heteroatoms. The smallest absolute Gasteiger partial charge is 0.375 e. The average molecular weight is 494 g/mol. The lowest BCUT2D eigenvalue weighted by molar-refractivity contribution is -0.0499. The number of hydrogen-bond acceptors (Lipinski definition) is 6. The summed E-state index contributed by atoms with van der Waals surface area (Å²) in [5.41, 5.74) is -13.0. The number of hydrogen-bond donors (Lipinski definition) is 0. The first-order valence-corrected chi connectivity index (χ1v) is 10.8. The molecule has 170 valence electrons. The van der Waals surface area contributed by atoms with Gasteiger partial charge in [0, 0.05) is 5.39 Å². The zero-order valence-corrected chi connectivity index (χ0v) is 16.5. The molecule has 3 aromatic rings. The minimum absolute atomic E-state index is 0.175. The number of halogens is 7. The Kier molecular flexibility index (Phi) is 5.16. The fourth-order valence-corrected chi connectivity index (χ4v) is 4.10. The first-order chi connectivity index (χ1) is 14.0. The minimum Gasteiger partial charge on any atom is -0.375 e. The average Bonchev–Trinajstić information content (AvgIpc) is 3.04. The zero-order valence-electron chi connectivity index (χ0n) is 14.9. The fraction of sp³-hybridized carbons (Fsp3) is 0.267. The minimum atomic E-state index is -6.36. The second kappa shape index (κ2) is 6.94. The Bertz CT molecular complexity index is 1410. The van der Waals surface area contributed by atoms with E-state index in [0.29, 0.717) is 6.20 Å². The highest BCUT2D eigenvalue weighted by Gasteiger charge is 2.50. The highest BCUT2D eigenvalue weighted by atomic mass is 32.2. The van der Waals surface area contributed by atoms with Gasteiger partial charge in [-0.15, -0.1) is 4.09 Å². The summed E-state index contributed by atoms with van der Waals surface area (Å²) >= 11 is 0. The van der Waals surface area contributed by atoms with Gasteiger partial charge in [0.05, 0.1) is 17.1 Å². The summed E-state index contributed by atoms with van der Waals surface area (Å²) in [4.78, 5) is 0. The predicted octanol–water partition coefficient (Wildman–Crippen LogP) is 3.82. The number of alkyl halides is 6. The SMILES string of the molecule is CCc1c(F)ccc2cc3c(cnn3S(=O)(=O)C(F)(F)F)c(OS(=O)(=O)C(F)(F)F)c12. The van der Waals surface area contributed by atoms with Gasteiger partial charge in [-0.3, -0.25) is 0 Å². The van der Waals surface area contributed by atoms with E-state index in [2.05, 4.69) is 9.28 Å². The molecule has 0 atom stereocenters. The maximum atomic E-state index is 14.2. The first-order valence-electron chi connectivity index (χ1n) is 7.97. The normalized spacial score (nSPS) is 13.8. The van der Waals surface area contributed by atoms with Crippen LogP contribution in [-0.2, 0) is 26.6 Å². The Hall–Kier alpha value is -2.62. The summed E-state index contributed by atoms with van der Waals surface area (Å²) in [5, 5.41) is 1.45. The van der Waals surface area contributed by atoms with E-state index >= 15 is 0 Å². The summed E-state index contributed by atoms with van der Waals surface area (Å²) in [6, 6.07) is 2.52. The monoisotopic (exact) mass is 494 g/mol. The molecular formula is C15H9F7N2O5S2. The van der Waals surface area contributed by atoms with Crippen LogP contribution in [0.2, 0.25) is 0 Å². The number of fused-ring (bicyclic) bond motifs is 2. The number of aryl methyl sites for hydroxylation is 1. The van der Waals surface area contributed by atoms with E-state index in [4.69, 9.17) is 0 Å². The second-order valence-electron chi connectivity index (χ2n) is 6.04. The Balaban J connectivity index is 2.52. The highest BCUT2D eigenvalue weighted by Crippen LogP contribution is 2.41. The molecule has 0 saturated heterocycles. The van der Waals surface area contributed by atoms with E-state index in [1.807, 2.05) is 0 Å². The third kappa shape index (κ3) is 3.56. The molecule has 0 radical (unpaired) electrons. The van der Waals surface area contributed by atoms with Crippen molar-refractivity contribution < 1.29 is 51.8 Å². The molecule has 3 rings (SSSR count). The van der Waals surface area contributed by atoms with Gasteiger partial charge in [-0.2, -0.15) is 48.3 Å². The van der Waals surface area contributed by atoms with Crippen LogP contribution in [0.3, 0.4) is 0 Å². The van der Waals surface area contributed by atoms with Gasteiger partial charge in [0.1, 0.15) is 5.82 Å². The summed E-state index contributed by atoms with van der Waals surface area (Å²) in [5.74, 6) is -2.16. The van der Waals surface area contributed by atoms with Gasteiger partial charge in [-0.25, -0.2) is 4.39 Å². The van der Waals surface area contributed by atoms with E-state index < -0.39 is 63.1 Å². The van der Waals surface area contributed by atoms with Crippen molar-refractivity contribution in [2.24, 2.45) is 0 Å². The lowest BCUT2D eigenvalue weighted by atomic mass is 9.99. The first kappa shape index (κ1) is 23.1. The van der Waals surface area contributed by atoms with E-state index in [-0.39, 0.29) is 17.4 Å². The van der Waals surface area contributed by atoms with Crippen LogP contribution in [-0.4, -0.2) is 37.0 Å². The van der Waals surface area contributed by atoms with Crippen molar-refractivity contribution in [3.8, 4) is 5.75 Å². The van der Waals surface area contributed by atoms with Crippen LogP contribution < -0.4 is 4.18 Å². The number of aromatic nitrogens is 2. The van der Waals surface area contributed by atoms with Gasteiger partial charge < -0.3 is 4.18 Å². The van der Waals surface area contributed by atoms with E-state index in [9.17, 15) is 47.6 Å². The van der Waals surface area contributed by atoms with Gasteiger partial charge in [-0.05, 0) is 29.5 Å². The summed E-state index contributed by atoms with van der Waals surface area (Å²) in [6.45, 7) is 1.38. The van der Waals surface area contributed by atoms with Crippen LogP contribution in [0.1, 0.15) is 12.5 Å². The van der Waals surface area contributed by atoms with Gasteiger partial charge >= 0.3 is 31.2 Å². The third-order valence-electron chi connectivity index (χ3n) is 4.18. The van der Waals surface area contributed by atoms with Crippen molar-refractivity contribution in [1.29, 1.82) is 0 Å². The molecule has 1 heterocycles. The Morgan fingerprint density at radius 3 is 2.16 bits per heavy atom. The van der Waals surface area contributed by atoms with Crippen molar-refractivity contribution in [3.63, 3.8) is 0 Å². The van der Waals surface area contributed by atoms with E-state index in [1.54, 1.807) is 0 Å². The fourth-order valence-electron chi connectivity index (χ4n) is 2.84. The van der Waals surface area contributed by atoms with Crippen molar-refractivity contribution >= 4 is 41.8 Å². The lowest BCUT2D eigenvalue weighted by Crippen LogP contribution is -2.30. The van der Waals surface area contributed by atoms with Gasteiger partial charge in [0.15, 0.2) is 5.75 Å². The molecule has 1 aromatic heterocycles. The van der Waals surface area contributed by atoms with Gasteiger partial charge in [-0.1, -0.05) is 13.0 Å². The van der Waals surface area contributed by atoms with Crippen LogP contribution >= 0.6 is 0 Å². The van der Waals surface area contributed by atoms with Crippen LogP contribution in [0.5, 0.6) is 5.75 Å². The molecular weight excluding hydrogens is 485 g/mol. The molecule has 0 unspecified atom stereocenters. The Morgan fingerprint density at radius 2 is 1.65 bits per heavy atom. The maximum Gasteiger partial charge on any atom is 0.534 e. The number of rotatable bonds is 4. The molecule has 0 aliphatic rings. The largest absolute Gasteiger partial charge is 0.534 e. The molecule has 0 bridgehead atoms. The van der Waals surface area contributed by atoms with E-state index in [0.717, 1.165) is 18.2 Å². The Labute approximate surface area is 169 Å². The van der Waals surface area contributed by atoms with Crippen molar-refractivity contribution in [2.45, 2.75) is 24.4 Å². The molecule has 0 aliphatic carbocycles. The summed E-state index contributed by atoms with van der Waals surface area (Å²) in [6.07, 6.45) is 0.204. The predicted molar refractivity (Wildman–Crippen MR) is 92.6 cm³/mol. The summed E-state index contributed by atoms with van der Waals surface area (Å²) in [7, 11) is -12.5. The zero-order chi connectivity index (χ0) is 23.6. The van der Waals surface area contributed by atoms with Crippen LogP contribution in [0.25, 0.3) is 21.7 Å². The van der Waals surface area contributed by atoms with Crippen LogP contribution in [0.4, 0.5) is 30.7 Å². The van der Waals surface area contributed by atoms with Crippen molar-refractivity contribution in [1.82, 2.24) is 9.19 Å². The topological polar surface area (TPSA) is 95.3 Å². The third-order valence-corrected chi connectivity index (χ3v) is 6.46. The van der Waals surface area contributed by atoms with Gasteiger partial charge in [0.2, 0.25) is 0 Å². The van der Waals surface area contributed by atoms with Crippen LogP contribution in [0.15, 0.2) is 24.4 Å². The standard InChI is InChI=1S/C15H9F7N2O5S2/c1-2-8-10(16)4-3-7-5-11-9(6-23-24(11)30(25,26)14(17,18)19)13(12(7)8)29-31(27,28)15(20,21)22/h3-6H,2H2,1H3. The molecule has 0 spiro atoms. The number of benzene rings is 2. The second-order valence-corrected chi connectivity index (χ2v) is 9.33. The summed E-state index contributed by atoms with van der Waals surface area (Å²) < 4.78 is 142. The molecule has 0 N–H and O–H groups in total. The quantitative estimate of drug-likeness (QED) is 0.311. The van der Waals surface area contributed by atoms with Gasteiger partial charge in [0.25, 0.3) is 0 Å². The van der Waals surface area contributed by atoms with Crippen molar-refractivity contribution in [2.75, 3.05) is 0 Å². The molecule has 0 saturated carbocycles. The molecule has 7 nitrogen and oxygen atoms in total. The maximum absolute atomic E-state index is 14.2. The molecule has 0 fully saturated rings. The Morgan fingerprint density at radius 1 is 1.03 bits per heavy atom. The lowest BCUT2D eigenvalue weighted by Gasteiger charge is -2.16. The molecule has 0 aliphatic heterocycles. The molecule has 2 aromatic carbocycles.